The molecule has 5 rings (SSSR count). The van der Waals surface area contributed by atoms with Gasteiger partial charge in [-0.2, -0.15) is 0 Å². The van der Waals surface area contributed by atoms with E-state index in [0.717, 1.165) is 32.0 Å². The number of carbonyl (C=O) groups is 1. The Bertz CT molecular complexity index is 1450. The number of fused-ring (bicyclic) bond motifs is 1. The normalized spacial score (nSPS) is 10.6. The molecular formula is C28H21N3O2S2. The number of thiocarbonyl (C=S) groups is 1. The number of hydrogen-bond donors (Lipinski definition) is 2. The number of aromatic nitrogens is 1. The average molecular weight is 496 g/mol. The molecule has 0 fully saturated rings. The van der Waals surface area contributed by atoms with E-state index in [1.54, 1.807) is 35.6 Å². The minimum absolute atomic E-state index is 0.216. The summed E-state index contributed by atoms with van der Waals surface area (Å²) >= 11 is 7.04. The van der Waals surface area contributed by atoms with Crippen LogP contribution < -0.4 is 15.4 Å². The first-order valence-electron chi connectivity index (χ1n) is 11.0. The highest BCUT2D eigenvalue weighted by Gasteiger charge is 2.13. The van der Waals surface area contributed by atoms with E-state index in [4.69, 9.17) is 21.9 Å². The molecule has 1 amide bonds. The van der Waals surface area contributed by atoms with Gasteiger partial charge < -0.3 is 10.1 Å². The summed E-state index contributed by atoms with van der Waals surface area (Å²) in [6.07, 6.45) is 0. The van der Waals surface area contributed by atoms with Gasteiger partial charge in [0.25, 0.3) is 5.91 Å². The Morgan fingerprint density at radius 3 is 2.37 bits per heavy atom. The van der Waals surface area contributed by atoms with Gasteiger partial charge in [-0.05, 0) is 66.3 Å². The van der Waals surface area contributed by atoms with Gasteiger partial charge in [-0.3, -0.25) is 10.1 Å². The van der Waals surface area contributed by atoms with Crippen LogP contribution in [0.1, 0.15) is 15.9 Å². The molecule has 4 aromatic carbocycles. The monoisotopic (exact) mass is 495 g/mol. The SMILES string of the molecule is O=C(NC(=S)Nc1ccccc1-c1nc2ccccc2s1)c1ccc(OCc2ccccc2)cc1. The van der Waals surface area contributed by atoms with E-state index in [-0.39, 0.29) is 11.0 Å². The van der Waals surface area contributed by atoms with E-state index >= 15 is 0 Å². The molecule has 0 atom stereocenters. The predicted molar refractivity (Wildman–Crippen MR) is 146 cm³/mol. The molecule has 1 aromatic heterocycles. The third-order valence-electron chi connectivity index (χ3n) is 5.29. The van der Waals surface area contributed by atoms with Crippen molar-refractivity contribution in [3.05, 3.63) is 114 Å². The van der Waals surface area contributed by atoms with Crippen LogP contribution in [-0.4, -0.2) is 16.0 Å². The fourth-order valence-electron chi connectivity index (χ4n) is 3.54. The van der Waals surface area contributed by atoms with Gasteiger partial charge in [-0.25, -0.2) is 4.98 Å². The quantitative estimate of drug-likeness (QED) is 0.258. The minimum atomic E-state index is -0.297. The number of amides is 1. The van der Waals surface area contributed by atoms with E-state index in [2.05, 4.69) is 16.7 Å². The largest absolute Gasteiger partial charge is 0.489 e. The summed E-state index contributed by atoms with van der Waals surface area (Å²) < 4.78 is 6.90. The zero-order valence-corrected chi connectivity index (χ0v) is 20.2. The summed E-state index contributed by atoms with van der Waals surface area (Å²) in [4.78, 5) is 17.5. The van der Waals surface area contributed by atoms with Crippen LogP contribution in [0.15, 0.2) is 103 Å². The number of ether oxygens (including phenoxy) is 1. The molecule has 0 saturated heterocycles. The van der Waals surface area contributed by atoms with Crippen LogP contribution >= 0.6 is 23.6 Å². The Morgan fingerprint density at radius 1 is 0.857 bits per heavy atom. The van der Waals surface area contributed by atoms with Crippen LogP contribution in [-0.2, 0) is 6.61 Å². The van der Waals surface area contributed by atoms with Gasteiger partial charge in [-0.15, -0.1) is 11.3 Å². The smallest absolute Gasteiger partial charge is 0.257 e. The highest BCUT2D eigenvalue weighted by molar-refractivity contribution is 7.80. The standard InChI is InChI=1S/C28H21N3O2S2/c32-26(20-14-16-21(17-15-20)33-18-19-8-2-1-3-9-19)31-28(34)30-23-11-5-4-10-22(23)27-29-24-12-6-7-13-25(24)35-27/h1-17H,18H2,(H2,30,31,32,34). The number of para-hydroxylation sites is 2. The van der Waals surface area contributed by atoms with Gasteiger partial charge in [0.2, 0.25) is 0 Å². The zero-order valence-electron chi connectivity index (χ0n) is 18.6. The highest BCUT2D eigenvalue weighted by Crippen LogP contribution is 2.34. The summed E-state index contributed by atoms with van der Waals surface area (Å²) in [5.74, 6) is 0.394. The molecular weight excluding hydrogens is 474 g/mol. The molecule has 0 aliphatic heterocycles. The Balaban J connectivity index is 1.22. The van der Waals surface area contributed by atoms with Crippen LogP contribution in [0.5, 0.6) is 5.75 Å². The molecule has 2 N–H and O–H groups in total. The lowest BCUT2D eigenvalue weighted by Crippen LogP contribution is -2.34. The molecule has 0 bridgehead atoms. The van der Waals surface area contributed by atoms with Crippen molar-refractivity contribution in [1.29, 1.82) is 0 Å². The Morgan fingerprint density at radius 2 is 1.57 bits per heavy atom. The first-order chi connectivity index (χ1) is 17.2. The number of anilines is 1. The minimum Gasteiger partial charge on any atom is -0.489 e. The van der Waals surface area contributed by atoms with E-state index in [9.17, 15) is 4.79 Å². The molecule has 0 saturated carbocycles. The van der Waals surface area contributed by atoms with Crippen molar-refractivity contribution < 1.29 is 9.53 Å². The van der Waals surface area contributed by atoms with Gasteiger partial charge in [0.15, 0.2) is 5.11 Å². The molecule has 0 unspecified atom stereocenters. The maximum absolute atomic E-state index is 12.7. The first-order valence-corrected chi connectivity index (χ1v) is 12.2. The van der Waals surface area contributed by atoms with Crippen molar-refractivity contribution in [3.8, 4) is 16.3 Å². The van der Waals surface area contributed by atoms with Crippen molar-refractivity contribution in [2.24, 2.45) is 0 Å². The molecule has 7 heteroatoms. The second-order valence-electron chi connectivity index (χ2n) is 7.74. The molecule has 35 heavy (non-hydrogen) atoms. The van der Waals surface area contributed by atoms with Crippen LogP contribution in [0.2, 0.25) is 0 Å². The molecule has 172 valence electrons. The average Bonchev–Trinajstić information content (AvgIpc) is 3.33. The maximum Gasteiger partial charge on any atom is 0.257 e. The van der Waals surface area contributed by atoms with Crippen LogP contribution in [0.3, 0.4) is 0 Å². The number of hydrogen-bond acceptors (Lipinski definition) is 5. The number of rotatable bonds is 6. The van der Waals surface area contributed by atoms with Crippen molar-refractivity contribution in [2.45, 2.75) is 6.61 Å². The number of nitrogens with zero attached hydrogens (tertiary/aromatic N) is 1. The fraction of sp³-hybridized carbons (Fsp3) is 0.0357. The van der Waals surface area contributed by atoms with Gasteiger partial charge in [0.1, 0.15) is 17.4 Å². The van der Waals surface area contributed by atoms with Gasteiger partial charge in [0.05, 0.1) is 15.9 Å². The van der Waals surface area contributed by atoms with E-state index in [1.165, 1.54) is 0 Å². The number of carbonyl (C=O) groups excluding carboxylic acids is 1. The van der Waals surface area contributed by atoms with Crippen LogP contribution in [0.4, 0.5) is 5.69 Å². The number of thiazole rings is 1. The van der Waals surface area contributed by atoms with Crippen molar-refractivity contribution >= 4 is 50.5 Å². The van der Waals surface area contributed by atoms with Gasteiger partial charge in [-0.1, -0.05) is 54.6 Å². The Labute approximate surface area is 212 Å². The molecule has 5 aromatic rings. The molecule has 0 radical (unpaired) electrons. The molecule has 5 nitrogen and oxygen atoms in total. The van der Waals surface area contributed by atoms with E-state index in [1.807, 2.05) is 72.8 Å². The van der Waals surface area contributed by atoms with Gasteiger partial charge in [0, 0.05) is 11.1 Å². The van der Waals surface area contributed by atoms with Gasteiger partial charge >= 0.3 is 0 Å². The van der Waals surface area contributed by atoms with Crippen molar-refractivity contribution in [2.75, 3.05) is 5.32 Å². The van der Waals surface area contributed by atoms with Crippen LogP contribution in [0, 0.1) is 0 Å². The summed E-state index contributed by atoms with van der Waals surface area (Å²) in [5.41, 5.74) is 4.22. The topological polar surface area (TPSA) is 63.2 Å². The van der Waals surface area contributed by atoms with E-state index < -0.39 is 0 Å². The van der Waals surface area contributed by atoms with Crippen LogP contribution in [0.25, 0.3) is 20.8 Å². The number of nitrogens with one attached hydrogen (secondary N) is 2. The third kappa shape index (κ3) is 5.54. The number of benzene rings is 4. The highest BCUT2D eigenvalue weighted by atomic mass is 32.1. The maximum atomic E-state index is 12.7. The lowest BCUT2D eigenvalue weighted by atomic mass is 10.2. The van der Waals surface area contributed by atoms with Crippen molar-refractivity contribution in [3.63, 3.8) is 0 Å². The summed E-state index contributed by atoms with van der Waals surface area (Å²) in [6, 6.07) is 32.7. The molecule has 1 heterocycles. The lowest BCUT2D eigenvalue weighted by molar-refractivity contribution is 0.0977. The summed E-state index contributed by atoms with van der Waals surface area (Å²) in [5, 5.41) is 7.00. The zero-order chi connectivity index (χ0) is 24.0. The predicted octanol–water partition coefficient (Wildman–Crippen LogP) is 6.67. The lowest BCUT2D eigenvalue weighted by Gasteiger charge is -2.12. The van der Waals surface area contributed by atoms with Crippen molar-refractivity contribution in [1.82, 2.24) is 10.3 Å². The molecule has 0 aliphatic rings. The molecule has 0 aliphatic carbocycles. The third-order valence-corrected chi connectivity index (χ3v) is 6.57. The first kappa shape index (κ1) is 22.7. The summed E-state index contributed by atoms with van der Waals surface area (Å²) in [7, 11) is 0. The Kier molecular flexibility index (Phi) is 6.79. The van der Waals surface area contributed by atoms with E-state index in [0.29, 0.717) is 17.9 Å². The Hall–Kier alpha value is -4.07. The fourth-order valence-corrected chi connectivity index (χ4v) is 4.75. The second-order valence-corrected chi connectivity index (χ2v) is 9.18. The molecule has 0 spiro atoms. The second kappa shape index (κ2) is 10.5. The summed E-state index contributed by atoms with van der Waals surface area (Å²) in [6.45, 7) is 0.467.